The van der Waals surface area contributed by atoms with Crippen LogP contribution in [0.2, 0.25) is 0 Å². The average Bonchev–Trinajstić information content (AvgIpc) is 0.873. The zero-order valence-electron chi connectivity index (χ0n) is 57.9. The van der Waals surface area contributed by atoms with E-state index in [2.05, 4.69) is 10.3 Å². The van der Waals surface area contributed by atoms with Crippen molar-refractivity contribution in [1.29, 1.82) is 0 Å². The summed E-state index contributed by atoms with van der Waals surface area (Å²) in [6.07, 6.45) is -37.8. The van der Waals surface area contributed by atoms with E-state index in [9.17, 15) is 100 Å². The summed E-state index contributed by atoms with van der Waals surface area (Å²) in [5.41, 5.74) is 0. The molecular formula is C61H98N4O41. The number of nitrogens with one attached hydrogen (secondary N) is 1. The van der Waals surface area contributed by atoms with Crippen LogP contribution in [0.4, 0.5) is 5.95 Å². The zero-order chi connectivity index (χ0) is 78.4. The first-order chi connectivity index (χ1) is 50.2. The molecule has 7 heterocycles. The van der Waals surface area contributed by atoms with Crippen LogP contribution in [0.25, 0.3) is 0 Å². The molecule has 7 rings (SSSR count). The Labute approximate surface area is 603 Å². The minimum atomic E-state index is -1.83. The molecule has 6 saturated heterocycles. The number of imidazole rings is 1. The van der Waals surface area contributed by atoms with Crippen LogP contribution in [0.3, 0.4) is 0 Å². The Hall–Kier alpha value is -5.69. The summed E-state index contributed by atoms with van der Waals surface area (Å²) in [5.74, 6) is -7.64. The highest BCUT2D eigenvalue weighted by Gasteiger charge is 2.54. The van der Waals surface area contributed by atoms with Crippen molar-refractivity contribution in [2.24, 2.45) is 0 Å². The number of carbonyl (C=O) groups excluding carboxylic acids is 1. The monoisotopic (exact) mass is 1540 g/mol. The van der Waals surface area contributed by atoms with E-state index >= 15 is 0 Å². The second-order valence-corrected chi connectivity index (χ2v) is 25.5. The van der Waals surface area contributed by atoms with Gasteiger partial charge in [0.05, 0.1) is 57.4 Å². The summed E-state index contributed by atoms with van der Waals surface area (Å²) >= 11 is 0. The molecule has 0 bridgehead atoms. The first-order valence-electron chi connectivity index (χ1n) is 34.0. The largest absolute Gasteiger partial charge is 0.480 e. The van der Waals surface area contributed by atoms with E-state index in [1.54, 1.807) is 13.8 Å². The van der Waals surface area contributed by atoms with E-state index in [0.29, 0.717) is 32.2 Å². The second-order valence-electron chi connectivity index (χ2n) is 25.5. The van der Waals surface area contributed by atoms with Crippen molar-refractivity contribution in [1.82, 2.24) is 14.9 Å². The van der Waals surface area contributed by atoms with Gasteiger partial charge in [-0.15, -0.1) is 0 Å². The van der Waals surface area contributed by atoms with Gasteiger partial charge in [-0.05, 0) is 44.5 Å². The Bertz CT molecular complexity index is 2890. The van der Waals surface area contributed by atoms with Gasteiger partial charge in [-0.2, -0.15) is 0 Å². The van der Waals surface area contributed by atoms with Crippen LogP contribution in [-0.4, -0.2) is 394 Å². The molecule has 18 N–H and O–H groups in total. The Morgan fingerprint density at radius 1 is 0.415 bits per heavy atom. The van der Waals surface area contributed by atoms with E-state index < -0.39 is 291 Å². The maximum absolute atomic E-state index is 12.8. The topological polar surface area (TPSA) is 667 Å². The van der Waals surface area contributed by atoms with E-state index in [1.165, 1.54) is 30.8 Å². The molecule has 1 amide bonds. The van der Waals surface area contributed by atoms with Gasteiger partial charge >= 0.3 is 35.8 Å². The number of nitro groups is 1. The lowest BCUT2D eigenvalue weighted by Crippen LogP contribution is -2.63. The lowest BCUT2D eigenvalue weighted by atomic mass is 9.95. The number of hydrogen-bond donors (Lipinski definition) is 18. The summed E-state index contributed by atoms with van der Waals surface area (Å²) in [6, 6.07) is 0. The van der Waals surface area contributed by atoms with Gasteiger partial charge in [-0.3, -0.25) is 4.79 Å². The molecule has 608 valence electrons. The summed E-state index contributed by atoms with van der Waals surface area (Å²) in [6.45, 7) is -0.236. The molecule has 106 heavy (non-hydrogen) atoms. The number of nitrogens with zero attached hydrogens (tertiary/aromatic N) is 3. The number of carboxylic acids is 5. The van der Waals surface area contributed by atoms with Crippen molar-refractivity contribution in [3.05, 3.63) is 22.5 Å². The summed E-state index contributed by atoms with van der Waals surface area (Å²) in [7, 11) is 0. The van der Waals surface area contributed by atoms with Crippen molar-refractivity contribution >= 4 is 41.7 Å². The zero-order valence-corrected chi connectivity index (χ0v) is 57.9. The fraction of sp³-hybridized carbons (Fsp3) is 0.852. The molecule has 6 aliphatic heterocycles. The number of aliphatic hydroxyl groups excluding tert-OH is 12. The van der Waals surface area contributed by atoms with Gasteiger partial charge in [0.25, 0.3) is 0 Å². The third kappa shape index (κ3) is 25.2. The molecular weight excluding hydrogens is 1440 g/mol. The molecule has 0 spiro atoms. The van der Waals surface area contributed by atoms with Crippen molar-refractivity contribution in [2.75, 3.05) is 72.6 Å². The quantitative estimate of drug-likeness (QED) is 0.0165. The number of ether oxygens (including phenoxy) is 16. The van der Waals surface area contributed by atoms with Gasteiger partial charge < -0.3 is 178 Å². The maximum atomic E-state index is 12.8. The number of unbranched alkanes of at least 4 members (excludes halogenated alkanes) is 3. The summed E-state index contributed by atoms with van der Waals surface area (Å²) in [4.78, 5) is 82.2. The number of aromatic nitrogens is 2. The second kappa shape index (κ2) is 43.1. The number of rotatable bonds is 40. The number of carbonyl (C=O) groups is 6. The number of amides is 1. The van der Waals surface area contributed by atoms with Crippen molar-refractivity contribution in [2.45, 2.75) is 257 Å². The SMILES string of the molecule is CCC1O[C@@H](OCC2O[C@@H](OCC3O[C@@H](C)C(OCC(=O)O)[C@H](O)[C@@H]3O)C(OCC(=O)NCCCCCCn3ccnc3[N+](=O)[O-])[C@H](O)[C@@H]2O)C(OCC(=O)O)[C@H](O)[C@@H]1O.CCC1O[C@@H](OCC2O[C@@H](OCC3O[C@@H](C)C(OCC(=O)O)[C@H](O)[C@@H]3O)C(OCC(=O)O)[C@H](O)[C@@H]2O)C(OCC(=O)O)[C@H](O)[C@@H]1O. The number of carboxylic acid groups (broad SMARTS) is 5. The van der Waals surface area contributed by atoms with Crippen LogP contribution in [0, 0.1) is 10.1 Å². The van der Waals surface area contributed by atoms with Crippen LogP contribution >= 0.6 is 0 Å². The number of hydrogen-bond acceptors (Lipinski definition) is 37. The van der Waals surface area contributed by atoms with E-state index in [1.807, 2.05) is 0 Å². The lowest BCUT2D eigenvalue weighted by molar-refractivity contribution is -0.396. The average molecular weight is 1540 g/mol. The molecule has 45 heteroatoms. The highest BCUT2D eigenvalue weighted by molar-refractivity contribution is 5.77. The van der Waals surface area contributed by atoms with Gasteiger partial charge in [0.2, 0.25) is 5.91 Å². The number of aliphatic hydroxyl groups is 12. The predicted molar refractivity (Wildman–Crippen MR) is 337 cm³/mol. The predicted octanol–water partition coefficient (Wildman–Crippen LogP) is -8.12. The normalized spacial score (nSPS) is 37.6. The van der Waals surface area contributed by atoms with Crippen molar-refractivity contribution in [3.8, 4) is 0 Å². The van der Waals surface area contributed by atoms with Gasteiger partial charge in [0.15, 0.2) is 25.2 Å². The number of aryl methyl sites for hydroxylation is 1. The number of aliphatic carboxylic acids is 5. The smallest absolute Gasteiger partial charge is 0.434 e. The van der Waals surface area contributed by atoms with Crippen molar-refractivity contribution in [3.63, 3.8) is 0 Å². The van der Waals surface area contributed by atoms with E-state index in [-0.39, 0.29) is 25.3 Å². The highest BCUT2D eigenvalue weighted by Crippen LogP contribution is 2.34. The van der Waals surface area contributed by atoms with Gasteiger partial charge in [0.1, 0.15) is 186 Å². The van der Waals surface area contributed by atoms with Gasteiger partial charge in [-0.1, -0.05) is 31.7 Å². The van der Waals surface area contributed by atoms with E-state index in [4.69, 9.17) is 101 Å². The van der Waals surface area contributed by atoms with Crippen LogP contribution in [-0.2, 0) is 111 Å². The first-order valence-corrected chi connectivity index (χ1v) is 34.0. The third-order valence-corrected chi connectivity index (χ3v) is 17.8. The van der Waals surface area contributed by atoms with Crippen LogP contribution in [0.15, 0.2) is 12.4 Å². The molecule has 30 atom stereocenters. The minimum absolute atomic E-state index is 0.212. The van der Waals surface area contributed by atoms with Crippen molar-refractivity contribution < 1.29 is 196 Å². The Morgan fingerprint density at radius 2 is 0.698 bits per heavy atom. The lowest BCUT2D eigenvalue weighted by Gasteiger charge is -2.45. The molecule has 6 aliphatic rings. The molecule has 45 nitrogen and oxygen atoms in total. The highest BCUT2D eigenvalue weighted by atomic mass is 16.8. The summed E-state index contributed by atoms with van der Waals surface area (Å²) < 4.78 is 90.4. The third-order valence-electron chi connectivity index (χ3n) is 17.8. The van der Waals surface area contributed by atoms with Gasteiger partial charge in [0, 0.05) is 6.54 Å². The molecule has 1 aromatic heterocycles. The van der Waals surface area contributed by atoms with Crippen LogP contribution < -0.4 is 5.32 Å². The Kier molecular flexibility index (Phi) is 36.2. The summed E-state index contributed by atoms with van der Waals surface area (Å²) in [5, 5.41) is 187. The molecule has 0 saturated carbocycles. The van der Waals surface area contributed by atoms with Crippen LogP contribution in [0.1, 0.15) is 66.2 Å². The van der Waals surface area contributed by atoms with Gasteiger partial charge in [-0.25, -0.2) is 28.5 Å². The molecule has 0 aromatic carbocycles. The molecule has 12 unspecified atom stereocenters. The fourth-order valence-corrected chi connectivity index (χ4v) is 12.3. The standard InChI is InChI=1S/C35H56N4O21.C26H42O20/c1-3-18-24(45)28(49)32(55-16-23(43)44)33(59-18)57-13-20-26(47)29(50)31(34(60-20)56-12-19-25(46)27(48)30(17(2)58-19)54-15-22(41)42)53-14-21(40)36-8-6-4-5-7-10-38-11-9-37-35(38)39(51)52;1-3-10-16(33)20(37)23(40-7-14(29)30)25(45-10)43-5-12-18(35)21(38)24(41-8-15(31)32)26(46-12)42-4-11-17(34)19(36)22(9(2)44-11)39-6-13(27)28/h9,11,17-20,24-34,45-50H,3-8,10,12-16H2,1-2H3,(H,36,40)(H,41,42)(H,43,44);9-12,16-26,33-38H,3-8H2,1-2H3,(H,27,28)(H,29,30)(H,31,32)/t17-,18?,19?,20?,24+,25+,26+,27+,28+,29+,30?,31?,32?,33+,34+;9-,10?,11?,12?,16+,17+,18+,19+,20+,21+,22?,23?,24?,25+,26+/m00/s1. The molecule has 1 aromatic rings. The Morgan fingerprint density at radius 3 is 1.02 bits per heavy atom. The van der Waals surface area contributed by atoms with Crippen LogP contribution in [0.5, 0.6) is 0 Å². The molecule has 0 aliphatic carbocycles. The fourth-order valence-electron chi connectivity index (χ4n) is 12.3. The minimum Gasteiger partial charge on any atom is -0.480 e. The first kappa shape index (κ1) is 89.2. The molecule has 0 radical (unpaired) electrons. The Balaban J connectivity index is 0.000000344. The molecule has 6 fully saturated rings. The maximum Gasteiger partial charge on any atom is 0.434 e. The van der Waals surface area contributed by atoms with E-state index in [0.717, 1.165) is 0 Å².